The number of carboxylic acids is 1. The maximum Gasteiger partial charge on any atom is 0.307 e. The molecule has 1 aromatic rings. The summed E-state index contributed by atoms with van der Waals surface area (Å²) in [6.45, 7) is 1.87. The minimum Gasteiger partial charge on any atom is -0.481 e. The molecule has 0 saturated carbocycles. The van der Waals surface area contributed by atoms with E-state index < -0.39 is 5.97 Å². The molecule has 0 fully saturated rings. The van der Waals surface area contributed by atoms with Crippen molar-refractivity contribution < 1.29 is 9.90 Å². The third kappa shape index (κ3) is 2.60. The van der Waals surface area contributed by atoms with Crippen molar-refractivity contribution in [2.75, 3.05) is 0 Å². The van der Waals surface area contributed by atoms with Crippen LogP contribution in [0.15, 0.2) is 18.2 Å². The van der Waals surface area contributed by atoms with E-state index in [1.54, 1.807) is 6.07 Å². The van der Waals surface area contributed by atoms with Crippen molar-refractivity contribution in [3.8, 4) is 6.07 Å². The maximum atomic E-state index is 10.5. The van der Waals surface area contributed by atoms with Crippen molar-refractivity contribution >= 4 is 5.97 Å². The number of carbonyl (C=O) groups is 1. The van der Waals surface area contributed by atoms with Gasteiger partial charge in [0.15, 0.2) is 0 Å². The molecular formula is C11H11NO2. The van der Waals surface area contributed by atoms with Crippen LogP contribution in [-0.4, -0.2) is 11.1 Å². The average Bonchev–Trinajstić information content (AvgIpc) is 2.10. The molecule has 1 aromatic carbocycles. The van der Waals surface area contributed by atoms with Gasteiger partial charge in [0, 0.05) is 0 Å². The minimum absolute atomic E-state index is 0.0190. The summed E-state index contributed by atoms with van der Waals surface area (Å²) in [4.78, 5) is 10.5. The minimum atomic E-state index is -0.845. The number of aryl methyl sites for hydroxylation is 1. The SMILES string of the molecule is Cc1ccc(CC#N)cc1CC(=O)O. The first kappa shape index (κ1) is 10.3. The lowest BCUT2D eigenvalue weighted by Crippen LogP contribution is -2.02. The average molecular weight is 189 g/mol. The molecule has 3 nitrogen and oxygen atoms in total. The third-order valence-corrected chi connectivity index (χ3v) is 2.04. The van der Waals surface area contributed by atoms with Gasteiger partial charge in [-0.1, -0.05) is 18.2 Å². The molecule has 14 heavy (non-hydrogen) atoms. The Morgan fingerprint density at radius 2 is 2.29 bits per heavy atom. The zero-order valence-corrected chi connectivity index (χ0v) is 7.95. The molecule has 0 saturated heterocycles. The molecule has 0 aliphatic carbocycles. The second-order valence-corrected chi connectivity index (χ2v) is 3.17. The number of benzene rings is 1. The zero-order valence-electron chi connectivity index (χ0n) is 7.95. The highest BCUT2D eigenvalue weighted by Crippen LogP contribution is 2.12. The summed E-state index contributed by atoms with van der Waals surface area (Å²) in [5.74, 6) is -0.845. The Kier molecular flexibility index (Phi) is 3.24. The first-order valence-corrected chi connectivity index (χ1v) is 4.30. The zero-order chi connectivity index (χ0) is 10.6. The van der Waals surface area contributed by atoms with Gasteiger partial charge in [-0.05, 0) is 23.6 Å². The Morgan fingerprint density at radius 3 is 2.86 bits per heavy atom. The molecule has 0 aromatic heterocycles. The van der Waals surface area contributed by atoms with E-state index >= 15 is 0 Å². The molecule has 0 aliphatic heterocycles. The lowest BCUT2D eigenvalue weighted by molar-refractivity contribution is -0.136. The van der Waals surface area contributed by atoms with Crippen LogP contribution in [0.1, 0.15) is 16.7 Å². The molecule has 0 radical (unpaired) electrons. The molecule has 0 heterocycles. The van der Waals surface area contributed by atoms with Gasteiger partial charge in [0.25, 0.3) is 0 Å². The molecule has 0 atom stereocenters. The largest absolute Gasteiger partial charge is 0.481 e. The third-order valence-electron chi connectivity index (χ3n) is 2.04. The van der Waals surface area contributed by atoms with Crippen molar-refractivity contribution in [1.29, 1.82) is 5.26 Å². The monoisotopic (exact) mass is 189 g/mol. The lowest BCUT2D eigenvalue weighted by atomic mass is 10.0. The molecular weight excluding hydrogens is 178 g/mol. The summed E-state index contributed by atoms with van der Waals surface area (Å²) < 4.78 is 0. The van der Waals surface area contributed by atoms with Crippen molar-refractivity contribution in [1.82, 2.24) is 0 Å². The van der Waals surface area contributed by atoms with Gasteiger partial charge >= 0.3 is 5.97 Å². The van der Waals surface area contributed by atoms with Crippen LogP contribution in [0.2, 0.25) is 0 Å². The van der Waals surface area contributed by atoms with Crippen LogP contribution in [0.3, 0.4) is 0 Å². The van der Waals surface area contributed by atoms with Crippen LogP contribution >= 0.6 is 0 Å². The molecule has 1 N–H and O–H groups in total. The van der Waals surface area contributed by atoms with Crippen LogP contribution in [0.5, 0.6) is 0 Å². The first-order valence-electron chi connectivity index (χ1n) is 4.30. The molecule has 0 aliphatic rings. The summed E-state index contributed by atoms with van der Waals surface area (Å²) in [6, 6.07) is 7.52. The number of nitrogens with zero attached hydrogens (tertiary/aromatic N) is 1. The van der Waals surface area contributed by atoms with Crippen LogP contribution in [-0.2, 0) is 17.6 Å². The van der Waals surface area contributed by atoms with E-state index in [2.05, 4.69) is 0 Å². The highest BCUT2D eigenvalue weighted by atomic mass is 16.4. The second-order valence-electron chi connectivity index (χ2n) is 3.17. The lowest BCUT2D eigenvalue weighted by Gasteiger charge is -2.04. The summed E-state index contributed by atoms with van der Waals surface area (Å²) in [7, 11) is 0. The van der Waals surface area contributed by atoms with Gasteiger partial charge in [-0.2, -0.15) is 5.26 Å². The van der Waals surface area contributed by atoms with Gasteiger partial charge in [-0.15, -0.1) is 0 Å². The Morgan fingerprint density at radius 1 is 1.57 bits per heavy atom. The molecule has 0 bridgehead atoms. The van der Waals surface area contributed by atoms with E-state index in [0.717, 1.165) is 16.7 Å². The van der Waals surface area contributed by atoms with E-state index in [0.29, 0.717) is 6.42 Å². The Hall–Kier alpha value is -1.82. The van der Waals surface area contributed by atoms with Crippen molar-refractivity contribution in [3.63, 3.8) is 0 Å². The fraction of sp³-hybridized carbons (Fsp3) is 0.273. The highest BCUT2D eigenvalue weighted by Gasteiger charge is 2.04. The predicted octanol–water partition coefficient (Wildman–Crippen LogP) is 1.69. The Bertz CT molecular complexity index is 391. The maximum absolute atomic E-state index is 10.5. The molecule has 0 spiro atoms. The quantitative estimate of drug-likeness (QED) is 0.787. The van der Waals surface area contributed by atoms with Crippen molar-refractivity contribution in [2.45, 2.75) is 19.8 Å². The van der Waals surface area contributed by atoms with Gasteiger partial charge in [0.2, 0.25) is 0 Å². The first-order chi connectivity index (χ1) is 6.63. The normalized spacial score (nSPS) is 9.43. The van der Waals surface area contributed by atoms with Crippen LogP contribution in [0.4, 0.5) is 0 Å². The molecule has 1 rings (SSSR count). The summed E-state index contributed by atoms with van der Waals surface area (Å²) in [6.07, 6.45) is 0.345. The smallest absolute Gasteiger partial charge is 0.307 e. The van der Waals surface area contributed by atoms with Crippen LogP contribution in [0.25, 0.3) is 0 Å². The standard InChI is InChI=1S/C11H11NO2/c1-8-2-3-9(4-5-12)6-10(8)7-11(13)14/h2-3,6H,4,7H2,1H3,(H,13,14). The number of rotatable bonds is 3. The van der Waals surface area contributed by atoms with Gasteiger partial charge in [-0.3, -0.25) is 4.79 Å². The molecule has 72 valence electrons. The number of carboxylic acid groups (broad SMARTS) is 1. The fourth-order valence-electron chi connectivity index (χ4n) is 1.28. The number of hydrogen-bond donors (Lipinski definition) is 1. The molecule has 3 heteroatoms. The van der Waals surface area contributed by atoms with Gasteiger partial charge in [0.05, 0.1) is 18.9 Å². The topological polar surface area (TPSA) is 61.1 Å². The highest BCUT2D eigenvalue weighted by molar-refractivity contribution is 5.70. The van der Waals surface area contributed by atoms with Crippen molar-refractivity contribution in [2.24, 2.45) is 0 Å². The number of nitriles is 1. The van der Waals surface area contributed by atoms with E-state index in [1.165, 1.54) is 0 Å². The van der Waals surface area contributed by atoms with E-state index in [-0.39, 0.29) is 6.42 Å². The van der Waals surface area contributed by atoms with Crippen LogP contribution in [0, 0.1) is 18.3 Å². The predicted molar refractivity (Wildman–Crippen MR) is 51.8 cm³/mol. The summed E-state index contributed by atoms with van der Waals surface area (Å²) in [5, 5.41) is 17.1. The molecule has 0 amide bonds. The Balaban J connectivity index is 2.97. The van der Waals surface area contributed by atoms with E-state index in [4.69, 9.17) is 10.4 Å². The molecule has 0 unspecified atom stereocenters. The van der Waals surface area contributed by atoms with Gasteiger partial charge < -0.3 is 5.11 Å². The van der Waals surface area contributed by atoms with Crippen molar-refractivity contribution in [3.05, 3.63) is 34.9 Å². The summed E-state index contributed by atoms with van der Waals surface area (Å²) >= 11 is 0. The number of aliphatic carboxylic acids is 1. The Labute approximate surface area is 82.6 Å². The fourth-order valence-corrected chi connectivity index (χ4v) is 1.28. The summed E-state index contributed by atoms with van der Waals surface area (Å²) in [5.41, 5.74) is 2.61. The van der Waals surface area contributed by atoms with Gasteiger partial charge in [0.1, 0.15) is 0 Å². The van der Waals surface area contributed by atoms with Crippen LogP contribution < -0.4 is 0 Å². The van der Waals surface area contributed by atoms with Gasteiger partial charge in [-0.25, -0.2) is 0 Å². The second kappa shape index (κ2) is 4.43. The number of hydrogen-bond acceptors (Lipinski definition) is 2. The van der Waals surface area contributed by atoms with E-state index in [1.807, 2.05) is 25.1 Å². The van der Waals surface area contributed by atoms with E-state index in [9.17, 15) is 4.79 Å².